The molecule has 1 amide bonds. The molecular weight excluding hydrogens is 426 g/mol. The zero-order chi connectivity index (χ0) is 21.3. The highest BCUT2D eigenvalue weighted by Gasteiger charge is 2.42. The summed E-state index contributed by atoms with van der Waals surface area (Å²) in [5.74, 6) is 1.15. The van der Waals surface area contributed by atoms with Crippen LogP contribution in [0.25, 0.3) is 0 Å². The van der Waals surface area contributed by atoms with E-state index in [0.29, 0.717) is 27.9 Å². The second kappa shape index (κ2) is 8.19. The third-order valence-electron chi connectivity index (χ3n) is 4.86. The Balaban J connectivity index is 1.38. The van der Waals surface area contributed by atoms with Gasteiger partial charge in [-0.05, 0) is 36.4 Å². The van der Waals surface area contributed by atoms with E-state index in [0.717, 1.165) is 5.69 Å². The first-order chi connectivity index (χ1) is 14.4. The smallest absolute Gasteiger partial charge is 0.255 e. The zero-order valence-electron chi connectivity index (χ0n) is 16.4. The number of thioether (sulfide) groups is 1. The van der Waals surface area contributed by atoms with Gasteiger partial charge >= 0.3 is 0 Å². The minimum Gasteiger partial charge on any atom is -0.493 e. The number of carbonyl (C=O) groups excluding carboxylic acids is 1. The summed E-state index contributed by atoms with van der Waals surface area (Å²) in [6, 6.07) is 12.0. The van der Waals surface area contributed by atoms with E-state index < -0.39 is 9.84 Å². The van der Waals surface area contributed by atoms with Crippen molar-refractivity contribution in [3.05, 3.63) is 48.0 Å². The van der Waals surface area contributed by atoms with Crippen LogP contribution >= 0.6 is 11.8 Å². The van der Waals surface area contributed by atoms with Gasteiger partial charge < -0.3 is 20.1 Å². The summed E-state index contributed by atoms with van der Waals surface area (Å²) in [7, 11) is 0.121. The molecule has 0 spiro atoms. The van der Waals surface area contributed by atoms with Gasteiger partial charge in [0.05, 0.1) is 31.8 Å². The number of amidine groups is 1. The van der Waals surface area contributed by atoms with E-state index in [4.69, 9.17) is 9.47 Å². The highest BCUT2D eigenvalue weighted by Crippen LogP contribution is 2.34. The standard InChI is InChI=1S/C20H21N3O5S2/c1-27-16-8-7-14(9-17(16)28-2)21-19(24)12-3-5-13(6-4-12)22-20-23-15-10-30(25,26)11-18(15)29-20/h3-9,15,18H,10-11H2,1-2H3,(H,21,24)(H,22,23)/t15-,18+/m1/s1. The van der Waals surface area contributed by atoms with Crippen molar-refractivity contribution in [2.24, 2.45) is 4.99 Å². The first-order valence-corrected chi connectivity index (χ1v) is 11.9. The van der Waals surface area contributed by atoms with Crippen LogP contribution in [0.15, 0.2) is 47.5 Å². The van der Waals surface area contributed by atoms with Crippen LogP contribution < -0.4 is 20.1 Å². The quantitative estimate of drug-likeness (QED) is 0.726. The van der Waals surface area contributed by atoms with Crippen molar-refractivity contribution >= 4 is 44.0 Å². The molecule has 0 aromatic heterocycles. The molecule has 2 N–H and O–H groups in total. The number of methoxy groups -OCH3 is 2. The Bertz CT molecular complexity index is 1100. The normalized spacial score (nSPS) is 21.5. The lowest BCUT2D eigenvalue weighted by Crippen LogP contribution is -2.13. The van der Waals surface area contributed by atoms with Crippen molar-refractivity contribution in [1.29, 1.82) is 0 Å². The van der Waals surface area contributed by atoms with E-state index in [1.165, 1.54) is 18.9 Å². The predicted molar refractivity (Wildman–Crippen MR) is 119 cm³/mol. The van der Waals surface area contributed by atoms with Crippen molar-refractivity contribution in [3.8, 4) is 11.5 Å². The van der Waals surface area contributed by atoms with Gasteiger partial charge in [-0.3, -0.25) is 9.79 Å². The lowest BCUT2D eigenvalue weighted by atomic mass is 10.2. The lowest BCUT2D eigenvalue weighted by Gasteiger charge is -2.11. The van der Waals surface area contributed by atoms with E-state index in [1.807, 2.05) is 0 Å². The van der Waals surface area contributed by atoms with Gasteiger partial charge in [-0.2, -0.15) is 0 Å². The molecule has 2 heterocycles. The molecule has 2 atom stereocenters. The van der Waals surface area contributed by atoms with Crippen LogP contribution in [-0.4, -0.2) is 56.5 Å². The molecule has 0 saturated carbocycles. The average molecular weight is 448 g/mol. The summed E-state index contributed by atoms with van der Waals surface area (Å²) < 4.78 is 33.8. The number of anilines is 2. The van der Waals surface area contributed by atoms with Crippen LogP contribution in [0.2, 0.25) is 0 Å². The van der Waals surface area contributed by atoms with Crippen LogP contribution in [0.3, 0.4) is 0 Å². The molecule has 4 rings (SSSR count). The number of nitrogens with one attached hydrogen (secondary N) is 2. The molecule has 158 valence electrons. The third kappa shape index (κ3) is 4.39. The number of rotatable bonds is 5. The molecule has 2 aromatic carbocycles. The molecule has 0 aliphatic carbocycles. The molecule has 0 unspecified atom stereocenters. The summed E-state index contributed by atoms with van der Waals surface area (Å²) in [4.78, 5) is 17.0. The van der Waals surface area contributed by atoms with Gasteiger partial charge in [0.25, 0.3) is 5.91 Å². The van der Waals surface area contributed by atoms with Crippen molar-refractivity contribution in [2.45, 2.75) is 11.3 Å². The van der Waals surface area contributed by atoms with Gasteiger partial charge in [0.15, 0.2) is 26.5 Å². The topological polar surface area (TPSA) is 106 Å². The van der Waals surface area contributed by atoms with Gasteiger partial charge in [-0.1, -0.05) is 11.8 Å². The SMILES string of the molecule is COc1ccc(NC(=O)c2ccc(NC3=N[C@@H]4CS(=O)(=O)C[C@@H]4S3)cc2)cc1OC. The summed E-state index contributed by atoms with van der Waals surface area (Å²) in [6.07, 6.45) is 0. The van der Waals surface area contributed by atoms with Crippen LogP contribution in [0.1, 0.15) is 10.4 Å². The number of aliphatic imine (C=N–C) groups is 1. The van der Waals surface area contributed by atoms with E-state index in [2.05, 4.69) is 15.6 Å². The van der Waals surface area contributed by atoms with Crippen LogP contribution in [0.4, 0.5) is 11.4 Å². The Kier molecular flexibility index (Phi) is 5.61. The molecule has 10 heteroatoms. The molecule has 30 heavy (non-hydrogen) atoms. The molecule has 0 radical (unpaired) electrons. The number of nitrogens with zero attached hydrogens (tertiary/aromatic N) is 1. The van der Waals surface area contributed by atoms with Gasteiger partial charge in [0.2, 0.25) is 0 Å². The number of carbonyl (C=O) groups is 1. The number of benzene rings is 2. The number of amides is 1. The van der Waals surface area contributed by atoms with Crippen LogP contribution in [-0.2, 0) is 9.84 Å². The summed E-state index contributed by atoms with van der Waals surface area (Å²) in [5.41, 5.74) is 1.88. The van der Waals surface area contributed by atoms with Crippen LogP contribution in [0.5, 0.6) is 11.5 Å². The van der Waals surface area contributed by atoms with Gasteiger partial charge in [0.1, 0.15) is 0 Å². The number of hydrogen-bond donors (Lipinski definition) is 2. The molecule has 0 bridgehead atoms. The van der Waals surface area contributed by atoms with Crippen molar-refractivity contribution in [2.75, 3.05) is 36.4 Å². The second-order valence-corrected chi connectivity index (χ2v) is 10.3. The molecular formula is C20H21N3O5S2. The largest absolute Gasteiger partial charge is 0.493 e. The predicted octanol–water partition coefficient (Wildman–Crippen LogP) is 2.64. The Morgan fingerprint density at radius 1 is 1.03 bits per heavy atom. The zero-order valence-corrected chi connectivity index (χ0v) is 18.0. The second-order valence-electron chi connectivity index (χ2n) is 6.96. The Morgan fingerprint density at radius 3 is 2.40 bits per heavy atom. The van der Waals surface area contributed by atoms with Gasteiger partial charge in [-0.15, -0.1) is 0 Å². The van der Waals surface area contributed by atoms with Gasteiger partial charge in [0, 0.05) is 28.3 Å². The number of hydrogen-bond acceptors (Lipinski definition) is 8. The average Bonchev–Trinajstić information content (AvgIpc) is 3.20. The summed E-state index contributed by atoms with van der Waals surface area (Å²) >= 11 is 1.46. The molecule has 8 nitrogen and oxygen atoms in total. The molecule has 2 aliphatic rings. The number of sulfone groups is 1. The summed E-state index contributed by atoms with van der Waals surface area (Å²) in [6.45, 7) is 0. The molecule has 2 aromatic rings. The van der Waals surface area contributed by atoms with E-state index in [-0.39, 0.29) is 28.7 Å². The van der Waals surface area contributed by atoms with Crippen LogP contribution in [0, 0.1) is 0 Å². The molecule has 1 saturated heterocycles. The highest BCUT2D eigenvalue weighted by atomic mass is 32.2. The molecule has 1 fully saturated rings. The minimum absolute atomic E-state index is 0.0101. The fourth-order valence-electron chi connectivity index (χ4n) is 3.36. The van der Waals surface area contributed by atoms with E-state index >= 15 is 0 Å². The van der Waals surface area contributed by atoms with Crippen molar-refractivity contribution in [1.82, 2.24) is 0 Å². The molecule has 2 aliphatic heterocycles. The first-order valence-electron chi connectivity index (χ1n) is 9.22. The fraction of sp³-hybridized carbons (Fsp3) is 0.300. The summed E-state index contributed by atoms with van der Waals surface area (Å²) in [5, 5.41) is 6.73. The maximum absolute atomic E-state index is 12.5. The van der Waals surface area contributed by atoms with E-state index in [1.54, 1.807) is 49.6 Å². The number of ether oxygens (including phenoxy) is 2. The Hall–Kier alpha value is -2.72. The van der Waals surface area contributed by atoms with Gasteiger partial charge in [-0.25, -0.2) is 8.42 Å². The third-order valence-corrected chi connectivity index (χ3v) is 8.00. The lowest BCUT2D eigenvalue weighted by molar-refractivity contribution is 0.102. The Labute approximate surface area is 179 Å². The Morgan fingerprint density at radius 2 is 1.73 bits per heavy atom. The monoisotopic (exact) mass is 447 g/mol. The maximum Gasteiger partial charge on any atom is 0.255 e. The van der Waals surface area contributed by atoms with E-state index in [9.17, 15) is 13.2 Å². The first kappa shape index (κ1) is 20.5. The fourth-order valence-corrected chi connectivity index (χ4v) is 7.04. The maximum atomic E-state index is 12.5. The highest BCUT2D eigenvalue weighted by molar-refractivity contribution is 8.15. The number of fused-ring (bicyclic) bond motifs is 1. The van der Waals surface area contributed by atoms with Crippen molar-refractivity contribution in [3.63, 3.8) is 0 Å². The van der Waals surface area contributed by atoms with Crippen molar-refractivity contribution < 1.29 is 22.7 Å². The minimum atomic E-state index is -2.97.